The van der Waals surface area contributed by atoms with Crippen molar-refractivity contribution in [2.45, 2.75) is 51.7 Å². The Morgan fingerprint density at radius 3 is 1.80 bits per heavy atom. The summed E-state index contributed by atoms with van der Waals surface area (Å²) < 4.78 is 5.32. The number of hydrogen-bond donors (Lipinski definition) is 1. The molecule has 0 saturated carbocycles. The maximum absolute atomic E-state index is 13.4. The number of ether oxygens (including phenoxy) is 1. The second kappa shape index (κ2) is 11.4. The maximum atomic E-state index is 13.4. The van der Waals surface area contributed by atoms with Gasteiger partial charge in [0.15, 0.2) is 0 Å². The highest BCUT2D eigenvalue weighted by molar-refractivity contribution is 6.41. The number of amides is 2. The Balaban J connectivity index is 2.50. The monoisotopic (exact) mass is 482 g/mol. The molecule has 1 atom stereocenters. The quantitative estimate of drug-likeness (QED) is 0.180. The highest BCUT2D eigenvalue weighted by atomic mass is 16.6. The fourth-order valence-corrected chi connectivity index (χ4v) is 3.20. The molecule has 0 saturated heterocycles. The Morgan fingerprint density at radius 1 is 0.914 bits per heavy atom. The summed E-state index contributed by atoms with van der Waals surface area (Å²) in [6, 6.07) is 16.9. The summed E-state index contributed by atoms with van der Waals surface area (Å²) in [6.45, 7) is 6.40. The third-order valence-electron chi connectivity index (χ3n) is 4.76. The Kier molecular flexibility index (Phi) is 8.82. The van der Waals surface area contributed by atoms with E-state index < -0.39 is 34.9 Å². The number of Topliss-reactive ketones (excluding diaryl/α,β-unsaturated/α-hetero) is 1. The Labute approximate surface area is 204 Å². The molecule has 10 nitrogen and oxygen atoms in total. The van der Waals surface area contributed by atoms with Crippen molar-refractivity contribution in [2.75, 3.05) is 11.9 Å². The van der Waals surface area contributed by atoms with Crippen LogP contribution in [0.5, 0.6) is 0 Å². The summed E-state index contributed by atoms with van der Waals surface area (Å²) in [5, 5.41) is 17.9. The van der Waals surface area contributed by atoms with E-state index in [9.17, 15) is 24.3 Å². The Hall–Kier alpha value is -4.08. The fraction of sp³-hybridized carbons (Fsp3) is 0.360. The van der Waals surface area contributed by atoms with Crippen molar-refractivity contribution in [2.24, 2.45) is 10.3 Å². The molecule has 2 aromatic carbocycles. The first-order chi connectivity index (χ1) is 16.4. The van der Waals surface area contributed by atoms with E-state index in [0.29, 0.717) is 11.4 Å². The summed E-state index contributed by atoms with van der Waals surface area (Å²) in [5.41, 5.74) is -2.37. The molecule has 10 heteroatoms. The first kappa shape index (κ1) is 27.2. The predicted molar refractivity (Wildman–Crippen MR) is 129 cm³/mol. The molecule has 0 unspecified atom stereocenters. The molecule has 0 heterocycles. The number of ketones is 1. The average Bonchev–Trinajstić information content (AvgIpc) is 2.81. The number of benzene rings is 2. The number of anilines is 2. The van der Waals surface area contributed by atoms with Gasteiger partial charge in [0.05, 0.1) is 11.4 Å². The molecule has 2 amide bonds. The lowest BCUT2D eigenvalue weighted by molar-refractivity contribution is -0.168. The lowest BCUT2D eigenvalue weighted by atomic mass is 9.89. The van der Waals surface area contributed by atoms with Gasteiger partial charge in [0.25, 0.3) is 5.78 Å². The first-order valence-corrected chi connectivity index (χ1v) is 11.0. The van der Waals surface area contributed by atoms with E-state index >= 15 is 0 Å². The zero-order valence-corrected chi connectivity index (χ0v) is 20.5. The van der Waals surface area contributed by atoms with E-state index in [0.717, 1.165) is 5.01 Å². The number of urea groups is 1. The van der Waals surface area contributed by atoms with Crippen LogP contribution in [0.2, 0.25) is 0 Å². The van der Waals surface area contributed by atoms with Gasteiger partial charge in [-0.1, -0.05) is 55.0 Å². The molecule has 0 fully saturated rings. The van der Waals surface area contributed by atoms with Crippen LogP contribution in [0.3, 0.4) is 0 Å². The van der Waals surface area contributed by atoms with Crippen LogP contribution < -0.4 is 4.90 Å². The molecule has 1 N–H and O–H groups in total. The van der Waals surface area contributed by atoms with Crippen molar-refractivity contribution in [1.82, 2.24) is 5.01 Å². The number of carboxylic acids is 1. The van der Waals surface area contributed by atoms with Gasteiger partial charge in [-0.2, -0.15) is 5.01 Å². The minimum atomic E-state index is -2.44. The van der Waals surface area contributed by atoms with Crippen LogP contribution in [0.15, 0.2) is 71.0 Å². The summed E-state index contributed by atoms with van der Waals surface area (Å²) in [5.74, 6) is -4.49. The molecule has 0 aliphatic heterocycles. The van der Waals surface area contributed by atoms with E-state index in [1.165, 1.54) is 11.9 Å². The maximum Gasteiger partial charge on any atom is 0.375 e. The van der Waals surface area contributed by atoms with Gasteiger partial charge in [0.2, 0.25) is 5.54 Å². The highest BCUT2D eigenvalue weighted by Gasteiger charge is 2.52. The van der Waals surface area contributed by atoms with Crippen molar-refractivity contribution in [1.29, 1.82) is 0 Å². The topological polar surface area (TPSA) is 129 Å². The van der Waals surface area contributed by atoms with Crippen LogP contribution in [0.25, 0.3) is 0 Å². The molecule has 2 rings (SSSR count). The van der Waals surface area contributed by atoms with Crippen LogP contribution in [0, 0.1) is 0 Å². The van der Waals surface area contributed by atoms with Gasteiger partial charge < -0.3 is 9.84 Å². The lowest BCUT2D eigenvalue weighted by Crippen LogP contribution is -2.51. The molecule has 0 bridgehead atoms. The second-order valence-corrected chi connectivity index (χ2v) is 8.75. The number of aliphatic carboxylic acids is 1. The molecular weight excluding hydrogens is 452 g/mol. The Morgan fingerprint density at radius 2 is 1.40 bits per heavy atom. The van der Waals surface area contributed by atoms with Crippen LogP contribution in [-0.2, 0) is 19.1 Å². The standard InChI is InChI=1S/C25H30N4O6/c1-6-17-25(20(30)21(31)32,22(33)35-24(2,3)4)26-27-28(5)23(34)29(18-13-9-7-10-14-18)19-15-11-8-12-16-19/h7-16H,6,17H2,1-5H3,(H,31,32)/t25-/m0/s1. The molecule has 186 valence electrons. The molecule has 0 aliphatic rings. The van der Waals surface area contributed by atoms with Crippen LogP contribution in [0.4, 0.5) is 16.2 Å². The first-order valence-electron chi connectivity index (χ1n) is 11.0. The molecule has 0 spiro atoms. The molecule has 0 aliphatic carbocycles. The molecular formula is C25H30N4O6. The minimum absolute atomic E-state index is 0.231. The fourth-order valence-electron chi connectivity index (χ4n) is 3.20. The number of nitrogens with zero attached hydrogens (tertiary/aromatic N) is 4. The van der Waals surface area contributed by atoms with E-state index in [4.69, 9.17) is 4.74 Å². The van der Waals surface area contributed by atoms with Gasteiger partial charge in [-0.25, -0.2) is 14.4 Å². The third kappa shape index (κ3) is 6.72. The number of carboxylic acid groups (broad SMARTS) is 1. The predicted octanol–water partition coefficient (Wildman–Crippen LogP) is 4.78. The Bertz CT molecular complexity index is 1040. The number of hydrogen-bond acceptors (Lipinski definition) is 7. The van der Waals surface area contributed by atoms with Crippen LogP contribution >= 0.6 is 0 Å². The summed E-state index contributed by atoms with van der Waals surface area (Å²) in [7, 11) is 1.29. The van der Waals surface area contributed by atoms with Gasteiger partial charge in [-0.3, -0.25) is 9.69 Å². The summed E-state index contributed by atoms with van der Waals surface area (Å²) in [4.78, 5) is 52.0. The number of carbonyl (C=O) groups is 4. The van der Waals surface area contributed by atoms with Crippen molar-refractivity contribution in [3.8, 4) is 0 Å². The SMILES string of the molecule is CCC[C@@](N=NN(C)C(=O)N(c1ccccc1)c1ccccc1)(C(=O)OC(C)(C)C)C(=O)C(=O)O. The number of rotatable bonds is 9. The van der Waals surface area contributed by atoms with E-state index in [1.807, 2.05) is 0 Å². The molecule has 2 aromatic rings. The van der Waals surface area contributed by atoms with E-state index in [2.05, 4.69) is 10.3 Å². The van der Waals surface area contributed by atoms with E-state index in [-0.39, 0.29) is 12.8 Å². The molecule has 0 radical (unpaired) electrons. The van der Waals surface area contributed by atoms with Gasteiger partial charge in [-0.15, -0.1) is 5.11 Å². The lowest BCUT2D eigenvalue weighted by Gasteiger charge is -2.29. The average molecular weight is 483 g/mol. The minimum Gasteiger partial charge on any atom is -0.475 e. The summed E-state index contributed by atoms with van der Waals surface area (Å²) >= 11 is 0. The van der Waals surface area contributed by atoms with Crippen LogP contribution in [-0.4, -0.2) is 52.1 Å². The largest absolute Gasteiger partial charge is 0.475 e. The zero-order chi connectivity index (χ0) is 26.2. The van der Waals surface area contributed by atoms with E-state index in [1.54, 1.807) is 88.4 Å². The smallest absolute Gasteiger partial charge is 0.375 e. The zero-order valence-electron chi connectivity index (χ0n) is 20.5. The van der Waals surface area contributed by atoms with Crippen LogP contribution in [0.1, 0.15) is 40.5 Å². The van der Waals surface area contributed by atoms with Gasteiger partial charge in [0.1, 0.15) is 5.60 Å². The number of esters is 1. The number of carbonyl (C=O) groups excluding carboxylic acids is 3. The van der Waals surface area contributed by atoms with Crippen molar-refractivity contribution < 1.29 is 29.0 Å². The van der Waals surface area contributed by atoms with Crippen molar-refractivity contribution in [3.05, 3.63) is 60.7 Å². The molecule has 0 aromatic heterocycles. The van der Waals surface area contributed by atoms with Gasteiger partial charge in [-0.05, 0) is 51.5 Å². The number of para-hydroxylation sites is 2. The normalized spacial score (nSPS) is 13.1. The van der Waals surface area contributed by atoms with Gasteiger partial charge in [0, 0.05) is 7.05 Å². The third-order valence-corrected chi connectivity index (χ3v) is 4.76. The molecule has 35 heavy (non-hydrogen) atoms. The second-order valence-electron chi connectivity index (χ2n) is 8.75. The summed E-state index contributed by atoms with van der Waals surface area (Å²) in [6.07, 6.45) is -0.0330. The van der Waals surface area contributed by atoms with Gasteiger partial charge >= 0.3 is 18.0 Å². The van der Waals surface area contributed by atoms with Crippen molar-refractivity contribution >= 4 is 35.1 Å². The van der Waals surface area contributed by atoms with Crippen molar-refractivity contribution in [3.63, 3.8) is 0 Å². The highest BCUT2D eigenvalue weighted by Crippen LogP contribution is 2.28.